The number of carboxylic acids is 1. The molecule has 2 aromatic heterocycles. The number of pyridine rings is 2. The number of hydrogen-bond donors (Lipinski definition) is 1. The molecule has 2 heterocycles. The normalized spacial score (nSPS) is 10.4. The van der Waals surface area contributed by atoms with Gasteiger partial charge in [-0.25, -0.2) is 9.78 Å². The molecule has 21 heavy (non-hydrogen) atoms. The first-order chi connectivity index (χ1) is 9.95. The molecule has 6 heteroatoms. The van der Waals surface area contributed by atoms with E-state index in [-0.39, 0.29) is 11.1 Å². The van der Waals surface area contributed by atoms with Crippen molar-refractivity contribution in [3.8, 4) is 11.6 Å². The Hall–Kier alpha value is -2.63. The van der Waals surface area contributed by atoms with Gasteiger partial charge in [0.05, 0.1) is 24.1 Å². The molecule has 2 rings (SSSR count). The van der Waals surface area contributed by atoms with E-state index in [1.807, 2.05) is 6.92 Å². The number of hydrogen-bond acceptors (Lipinski definition) is 4. The SMILES string of the molecule is CCOc1ccc(-n2c(C)c(C(=O)O)c(C)cc2=O)cn1. The Balaban J connectivity index is 2.61. The Bertz CT molecular complexity index is 733. The van der Waals surface area contributed by atoms with Crippen molar-refractivity contribution >= 4 is 5.97 Å². The molecule has 0 aromatic carbocycles. The molecule has 0 unspecified atom stereocenters. The average molecular weight is 288 g/mol. The van der Waals surface area contributed by atoms with Crippen LogP contribution in [-0.4, -0.2) is 27.2 Å². The summed E-state index contributed by atoms with van der Waals surface area (Å²) >= 11 is 0. The topological polar surface area (TPSA) is 81.4 Å². The van der Waals surface area contributed by atoms with Crippen molar-refractivity contribution in [2.45, 2.75) is 20.8 Å². The molecule has 0 saturated heterocycles. The molecule has 110 valence electrons. The highest BCUT2D eigenvalue weighted by Gasteiger charge is 2.16. The standard InChI is InChI=1S/C15H16N2O4/c1-4-21-12-6-5-11(8-16-12)17-10(3)14(15(19)20)9(2)7-13(17)18/h5-8H,4H2,1-3H3,(H,19,20). The van der Waals surface area contributed by atoms with Crippen molar-refractivity contribution in [3.63, 3.8) is 0 Å². The van der Waals surface area contributed by atoms with E-state index in [4.69, 9.17) is 4.74 Å². The maximum atomic E-state index is 12.2. The summed E-state index contributed by atoms with van der Waals surface area (Å²) in [6.07, 6.45) is 1.49. The van der Waals surface area contributed by atoms with Gasteiger partial charge in [0.2, 0.25) is 5.88 Å². The van der Waals surface area contributed by atoms with E-state index >= 15 is 0 Å². The van der Waals surface area contributed by atoms with Crippen LogP contribution in [0.2, 0.25) is 0 Å². The van der Waals surface area contributed by atoms with Gasteiger partial charge in [-0.3, -0.25) is 9.36 Å². The minimum atomic E-state index is -1.06. The lowest BCUT2D eigenvalue weighted by Gasteiger charge is -2.14. The molecule has 0 aliphatic carbocycles. The molecule has 0 radical (unpaired) electrons. The quantitative estimate of drug-likeness (QED) is 0.929. The van der Waals surface area contributed by atoms with Gasteiger partial charge in [-0.05, 0) is 32.4 Å². The third-order valence-corrected chi connectivity index (χ3v) is 3.14. The van der Waals surface area contributed by atoms with Gasteiger partial charge in [-0.1, -0.05) is 0 Å². The minimum Gasteiger partial charge on any atom is -0.478 e. The van der Waals surface area contributed by atoms with E-state index in [1.165, 1.54) is 16.8 Å². The summed E-state index contributed by atoms with van der Waals surface area (Å²) in [5, 5.41) is 9.27. The molecular formula is C15H16N2O4. The van der Waals surface area contributed by atoms with Crippen LogP contribution in [0.5, 0.6) is 5.88 Å². The molecular weight excluding hydrogens is 272 g/mol. The third kappa shape index (κ3) is 2.79. The zero-order chi connectivity index (χ0) is 15.6. The zero-order valence-electron chi connectivity index (χ0n) is 12.1. The smallest absolute Gasteiger partial charge is 0.337 e. The molecule has 1 N–H and O–H groups in total. The second-order valence-electron chi connectivity index (χ2n) is 4.55. The molecule has 0 aliphatic heterocycles. The highest BCUT2D eigenvalue weighted by Crippen LogP contribution is 2.16. The van der Waals surface area contributed by atoms with Gasteiger partial charge in [-0.2, -0.15) is 0 Å². The van der Waals surface area contributed by atoms with E-state index in [9.17, 15) is 14.7 Å². The van der Waals surface area contributed by atoms with Gasteiger partial charge < -0.3 is 9.84 Å². The summed E-state index contributed by atoms with van der Waals surface area (Å²) in [7, 11) is 0. The van der Waals surface area contributed by atoms with E-state index < -0.39 is 5.97 Å². The number of ether oxygens (including phenoxy) is 1. The maximum Gasteiger partial charge on any atom is 0.337 e. The summed E-state index contributed by atoms with van der Waals surface area (Å²) < 4.78 is 6.58. The lowest BCUT2D eigenvalue weighted by molar-refractivity contribution is 0.0694. The number of rotatable bonds is 4. The molecule has 0 spiro atoms. The largest absolute Gasteiger partial charge is 0.478 e. The Kier molecular flexibility index (Phi) is 4.07. The van der Waals surface area contributed by atoms with Crippen LogP contribution in [0.25, 0.3) is 5.69 Å². The Morgan fingerprint density at radius 1 is 1.38 bits per heavy atom. The van der Waals surface area contributed by atoms with E-state index in [0.29, 0.717) is 29.4 Å². The monoisotopic (exact) mass is 288 g/mol. The zero-order valence-corrected chi connectivity index (χ0v) is 12.1. The summed E-state index contributed by atoms with van der Waals surface area (Å²) in [4.78, 5) is 27.6. The first-order valence-electron chi connectivity index (χ1n) is 6.51. The maximum absolute atomic E-state index is 12.2. The predicted octanol–water partition coefficient (Wildman–Crippen LogP) is 1.95. The lowest BCUT2D eigenvalue weighted by atomic mass is 10.1. The molecule has 0 fully saturated rings. The van der Waals surface area contributed by atoms with E-state index in [1.54, 1.807) is 26.0 Å². The number of aryl methyl sites for hydroxylation is 1. The number of carbonyl (C=O) groups is 1. The predicted molar refractivity (Wildman–Crippen MR) is 77.4 cm³/mol. The summed E-state index contributed by atoms with van der Waals surface area (Å²) in [5.41, 5.74) is 1.16. The number of aromatic carboxylic acids is 1. The van der Waals surface area contributed by atoms with Gasteiger partial charge in [0.1, 0.15) is 0 Å². The highest BCUT2D eigenvalue weighted by molar-refractivity contribution is 5.90. The van der Waals surface area contributed by atoms with Crippen LogP contribution in [0.3, 0.4) is 0 Å². The molecule has 0 amide bonds. The van der Waals surface area contributed by atoms with Crippen LogP contribution < -0.4 is 10.3 Å². The van der Waals surface area contributed by atoms with Crippen LogP contribution in [0.1, 0.15) is 28.5 Å². The molecule has 6 nitrogen and oxygen atoms in total. The van der Waals surface area contributed by atoms with Crippen molar-refractivity contribution in [2.75, 3.05) is 6.61 Å². The molecule has 0 saturated carbocycles. The molecule has 0 aliphatic rings. The minimum absolute atomic E-state index is 0.128. The van der Waals surface area contributed by atoms with Crippen LogP contribution in [0.15, 0.2) is 29.2 Å². The summed E-state index contributed by atoms with van der Waals surface area (Å²) in [5.74, 6) is -0.602. The van der Waals surface area contributed by atoms with Crippen molar-refractivity contribution in [3.05, 3.63) is 51.6 Å². The van der Waals surface area contributed by atoms with Crippen molar-refractivity contribution < 1.29 is 14.6 Å². The number of nitrogens with zero attached hydrogens (tertiary/aromatic N) is 2. The van der Waals surface area contributed by atoms with Crippen LogP contribution >= 0.6 is 0 Å². The average Bonchev–Trinajstić information content (AvgIpc) is 2.40. The first-order valence-corrected chi connectivity index (χ1v) is 6.51. The van der Waals surface area contributed by atoms with Crippen LogP contribution in [0, 0.1) is 13.8 Å². The van der Waals surface area contributed by atoms with E-state index in [2.05, 4.69) is 4.98 Å². The van der Waals surface area contributed by atoms with Crippen LogP contribution in [0.4, 0.5) is 0 Å². The number of carboxylic acid groups (broad SMARTS) is 1. The fourth-order valence-corrected chi connectivity index (χ4v) is 2.27. The number of aromatic nitrogens is 2. The van der Waals surface area contributed by atoms with Crippen molar-refractivity contribution in [2.24, 2.45) is 0 Å². The summed E-state index contributed by atoms with van der Waals surface area (Å²) in [6.45, 7) is 5.56. The fourth-order valence-electron chi connectivity index (χ4n) is 2.27. The van der Waals surface area contributed by atoms with Crippen LogP contribution in [-0.2, 0) is 0 Å². The van der Waals surface area contributed by atoms with Gasteiger partial charge in [0, 0.05) is 17.8 Å². The molecule has 0 bridgehead atoms. The Labute approximate surface area is 121 Å². The van der Waals surface area contributed by atoms with Gasteiger partial charge in [0.25, 0.3) is 5.56 Å². The Morgan fingerprint density at radius 2 is 2.10 bits per heavy atom. The highest BCUT2D eigenvalue weighted by atomic mass is 16.5. The third-order valence-electron chi connectivity index (χ3n) is 3.14. The summed E-state index contributed by atoms with van der Waals surface area (Å²) in [6, 6.07) is 4.63. The fraction of sp³-hybridized carbons (Fsp3) is 0.267. The van der Waals surface area contributed by atoms with Crippen molar-refractivity contribution in [1.82, 2.24) is 9.55 Å². The van der Waals surface area contributed by atoms with Crippen molar-refractivity contribution in [1.29, 1.82) is 0 Å². The van der Waals surface area contributed by atoms with E-state index in [0.717, 1.165) is 0 Å². The lowest BCUT2D eigenvalue weighted by Crippen LogP contribution is -2.24. The second-order valence-corrected chi connectivity index (χ2v) is 4.55. The molecule has 2 aromatic rings. The van der Waals surface area contributed by atoms with Gasteiger partial charge >= 0.3 is 5.97 Å². The Morgan fingerprint density at radius 3 is 2.62 bits per heavy atom. The second kappa shape index (κ2) is 5.78. The molecule has 0 atom stereocenters. The van der Waals surface area contributed by atoms with Gasteiger partial charge in [-0.15, -0.1) is 0 Å². The van der Waals surface area contributed by atoms with Gasteiger partial charge in [0.15, 0.2) is 0 Å². The first kappa shape index (κ1) is 14.8.